The first-order chi connectivity index (χ1) is 12.8. The Balaban J connectivity index is 1.75. The first-order valence-electron chi connectivity index (χ1n) is 8.74. The second-order valence-electron chi connectivity index (χ2n) is 7.32. The van der Waals surface area contributed by atoms with Crippen molar-refractivity contribution < 1.29 is 19.1 Å². The van der Waals surface area contributed by atoms with E-state index in [-0.39, 0.29) is 18.4 Å². The lowest BCUT2D eigenvalue weighted by atomic mass is 10.1. The van der Waals surface area contributed by atoms with Crippen LogP contribution in [0.2, 0.25) is 0 Å². The molecule has 7 heteroatoms. The number of benzene rings is 1. The summed E-state index contributed by atoms with van der Waals surface area (Å²) in [5, 5.41) is 6.52. The molecule has 1 aromatic heterocycles. The summed E-state index contributed by atoms with van der Waals surface area (Å²) < 4.78 is 5.23. The summed E-state index contributed by atoms with van der Waals surface area (Å²) in [6.07, 6.45) is -0.115. The van der Waals surface area contributed by atoms with Gasteiger partial charge in [-0.15, -0.1) is 0 Å². The number of nitrogens with zero attached hydrogens (tertiary/aromatic N) is 1. The minimum Gasteiger partial charge on any atom is -0.444 e. The Hall–Kier alpha value is -2.67. The number of rotatable bonds is 5. The minimum absolute atomic E-state index is 0.281. The largest absolute Gasteiger partial charge is 0.444 e. The van der Waals surface area contributed by atoms with E-state index < -0.39 is 17.7 Å². The van der Waals surface area contributed by atoms with Gasteiger partial charge in [-0.05, 0) is 61.7 Å². The van der Waals surface area contributed by atoms with Gasteiger partial charge in [-0.2, -0.15) is 11.3 Å². The molecule has 142 valence electrons. The molecule has 3 rings (SSSR count). The van der Waals surface area contributed by atoms with Crippen LogP contribution < -0.4 is 5.32 Å². The molecule has 0 bridgehead atoms. The Bertz CT molecular complexity index is 820. The van der Waals surface area contributed by atoms with Crippen LogP contribution in [0.4, 0.5) is 4.79 Å². The Labute approximate surface area is 162 Å². The summed E-state index contributed by atoms with van der Waals surface area (Å²) in [4.78, 5) is 38.8. The average Bonchev–Trinajstić information content (AvgIpc) is 3.20. The zero-order chi connectivity index (χ0) is 19.6. The van der Waals surface area contributed by atoms with Gasteiger partial charge in [0.1, 0.15) is 5.60 Å². The van der Waals surface area contributed by atoms with Crippen molar-refractivity contribution in [2.45, 2.75) is 38.8 Å². The lowest BCUT2D eigenvalue weighted by Gasteiger charge is -2.26. The Morgan fingerprint density at radius 2 is 1.78 bits per heavy atom. The molecule has 2 heterocycles. The topological polar surface area (TPSA) is 75.7 Å². The van der Waals surface area contributed by atoms with Crippen LogP contribution >= 0.6 is 11.3 Å². The fourth-order valence-electron chi connectivity index (χ4n) is 3.03. The normalized spacial score (nSPS) is 14.9. The van der Waals surface area contributed by atoms with E-state index in [4.69, 9.17) is 4.74 Å². The van der Waals surface area contributed by atoms with E-state index in [1.807, 2.05) is 16.8 Å². The third kappa shape index (κ3) is 4.19. The molecular weight excluding hydrogens is 364 g/mol. The van der Waals surface area contributed by atoms with E-state index in [9.17, 15) is 14.4 Å². The molecule has 0 spiro atoms. The van der Waals surface area contributed by atoms with Crippen molar-refractivity contribution in [1.82, 2.24) is 10.2 Å². The van der Waals surface area contributed by atoms with Crippen molar-refractivity contribution in [3.63, 3.8) is 0 Å². The molecule has 1 aromatic carbocycles. The predicted octanol–water partition coefficient (Wildman–Crippen LogP) is 4.00. The molecule has 0 unspecified atom stereocenters. The van der Waals surface area contributed by atoms with Gasteiger partial charge >= 0.3 is 6.09 Å². The molecule has 0 saturated heterocycles. The van der Waals surface area contributed by atoms with E-state index in [1.54, 1.807) is 45.0 Å². The van der Waals surface area contributed by atoms with E-state index in [0.29, 0.717) is 17.5 Å². The van der Waals surface area contributed by atoms with Gasteiger partial charge in [-0.3, -0.25) is 14.5 Å². The fraction of sp³-hybridized carbons (Fsp3) is 0.350. The van der Waals surface area contributed by atoms with Gasteiger partial charge in [0.2, 0.25) is 0 Å². The standard InChI is InChI=1S/C20H22N2O4S/c1-20(2,3)26-19(25)21-10-8-16(13-9-11-27-12-13)22-17(23)14-6-4-5-7-15(14)18(22)24/h4-7,9,11-12,16H,8,10H2,1-3H3,(H,21,25)/t16-/m0/s1. The number of nitrogens with one attached hydrogen (secondary N) is 1. The Kier molecular flexibility index (Phi) is 5.32. The number of imide groups is 1. The third-order valence-corrected chi connectivity index (χ3v) is 4.85. The molecule has 2 aromatic rings. The van der Waals surface area contributed by atoms with Crippen LogP contribution in [0.5, 0.6) is 0 Å². The lowest BCUT2D eigenvalue weighted by molar-refractivity contribution is 0.0517. The quantitative estimate of drug-likeness (QED) is 0.788. The number of thiophene rings is 1. The van der Waals surface area contributed by atoms with Crippen LogP contribution in [0.1, 0.15) is 59.5 Å². The highest BCUT2D eigenvalue weighted by atomic mass is 32.1. The van der Waals surface area contributed by atoms with Crippen molar-refractivity contribution >= 4 is 29.2 Å². The summed E-state index contributed by atoms with van der Waals surface area (Å²) in [7, 11) is 0. The second-order valence-corrected chi connectivity index (χ2v) is 8.10. The highest BCUT2D eigenvalue weighted by Crippen LogP contribution is 2.34. The molecule has 27 heavy (non-hydrogen) atoms. The smallest absolute Gasteiger partial charge is 0.407 e. The number of carbonyl (C=O) groups is 3. The Morgan fingerprint density at radius 3 is 2.30 bits per heavy atom. The highest BCUT2D eigenvalue weighted by molar-refractivity contribution is 7.08. The summed E-state index contributed by atoms with van der Waals surface area (Å²) >= 11 is 1.50. The average molecular weight is 386 g/mol. The SMILES string of the molecule is CC(C)(C)OC(=O)NCC[C@@H](c1ccsc1)N1C(=O)c2ccccc2C1=O. The van der Waals surface area contributed by atoms with Crippen LogP contribution in [0.15, 0.2) is 41.1 Å². The molecule has 0 saturated carbocycles. The van der Waals surface area contributed by atoms with Crippen LogP contribution in [0.3, 0.4) is 0 Å². The molecular formula is C20H22N2O4S. The molecule has 3 amide bonds. The second kappa shape index (κ2) is 7.52. The van der Waals surface area contributed by atoms with Crippen LogP contribution in [-0.4, -0.2) is 35.0 Å². The van der Waals surface area contributed by atoms with Crippen LogP contribution in [0, 0.1) is 0 Å². The predicted molar refractivity (Wildman–Crippen MR) is 103 cm³/mol. The van der Waals surface area contributed by atoms with Crippen molar-refractivity contribution in [1.29, 1.82) is 0 Å². The molecule has 1 aliphatic rings. The lowest BCUT2D eigenvalue weighted by Crippen LogP contribution is -2.37. The number of alkyl carbamates (subject to hydrolysis) is 1. The number of amides is 3. The third-order valence-electron chi connectivity index (χ3n) is 4.15. The maximum absolute atomic E-state index is 12.8. The molecule has 1 N–H and O–H groups in total. The van der Waals surface area contributed by atoms with Crippen LogP contribution in [-0.2, 0) is 4.74 Å². The summed E-state index contributed by atoms with van der Waals surface area (Å²) in [6, 6.07) is 8.28. The number of carbonyl (C=O) groups excluding carboxylic acids is 3. The van der Waals surface area contributed by atoms with E-state index >= 15 is 0 Å². The summed E-state index contributed by atoms with van der Waals surface area (Å²) in [5.41, 5.74) is 1.13. The van der Waals surface area contributed by atoms with E-state index in [2.05, 4.69) is 5.32 Å². The maximum atomic E-state index is 12.8. The number of fused-ring (bicyclic) bond motifs is 1. The molecule has 1 atom stereocenters. The van der Waals surface area contributed by atoms with E-state index in [0.717, 1.165) is 5.56 Å². The zero-order valence-electron chi connectivity index (χ0n) is 15.5. The summed E-state index contributed by atoms with van der Waals surface area (Å²) in [5.74, 6) is -0.604. The Morgan fingerprint density at radius 1 is 1.15 bits per heavy atom. The number of hydrogen-bond acceptors (Lipinski definition) is 5. The molecule has 6 nitrogen and oxygen atoms in total. The maximum Gasteiger partial charge on any atom is 0.407 e. The van der Waals surface area contributed by atoms with Gasteiger partial charge in [-0.1, -0.05) is 12.1 Å². The summed E-state index contributed by atoms with van der Waals surface area (Å²) in [6.45, 7) is 5.65. The van der Waals surface area contributed by atoms with E-state index in [1.165, 1.54) is 16.2 Å². The van der Waals surface area contributed by atoms with Gasteiger partial charge in [0.05, 0.1) is 17.2 Å². The molecule has 1 aliphatic heterocycles. The number of ether oxygens (including phenoxy) is 1. The van der Waals surface area contributed by atoms with Crippen LogP contribution in [0.25, 0.3) is 0 Å². The first kappa shape index (κ1) is 19.1. The van der Waals surface area contributed by atoms with Gasteiger partial charge in [0, 0.05) is 6.54 Å². The zero-order valence-corrected chi connectivity index (χ0v) is 16.3. The fourth-order valence-corrected chi connectivity index (χ4v) is 3.73. The van der Waals surface area contributed by atoms with Crippen molar-refractivity contribution in [3.8, 4) is 0 Å². The molecule has 0 radical (unpaired) electrons. The van der Waals surface area contributed by atoms with Gasteiger partial charge < -0.3 is 10.1 Å². The van der Waals surface area contributed by atoms with Gasteiger partial charge in [0.25, 0.3) is 11.8 Å². The van der Waals surface area contributed by atoms with Gasteiger partial charge in [0.15, 0.2) is 0 Å². The molecule has 0 fully saturated rings. The monoisotopic (exact) mass is 386 g/mol. The first-order valence-corrected chi connectivity index (χ1v) is 9.68. The highest BCUT2D eigenvalue weighted by Gasteiger charge is 2.40. The number of hydrogen-bond donors (Lipinski definition) is 1. The van der Waals surface area contributed by atoms with Crippen molar-refractivity contribution in [3.05, 3.63) is 57.8 Å². The van der Waals surface area contributed by atoms with Gasteiger partial charge in [-0.25, -0.2) is 4.79 Å². The van der Waals surface area contributed by atoms with Crippen molar-refractivity contribution in [2.24, 2.45) is 0 Å². The van der Waals surface area contributed by atoms with Crippen molar-refractivity contribution in [2.75, 3.05) is 6.54 Å². The molecule has 0 aliphatic carbocycles. The minimum atomic E-state index is -0.584.